The molecule has 1 aliphatic carbocycles. The summed E-state index contributed by atoms with van der Waals surface area (Å²) in [5, 5.41) is 3.34. The van der Waals surface area contributed by atoms with Gasteiger partial charge >= 0.3 is 6.18 Å². The molecule has 0 saturated heterocycles. The van der Waals surface area contributed by atoms with Gasteiger partial charge < -0.3 is 10.2 Å². The summed E-state index contributed by atoms with van der Waals surface area (Å²) in [6, 6.07) is 16.2. The largest absolute Gasteiger partial charge is 0.416 e. The Morgan fingerprint density at radius 1 is 0.967 bits per heavy atom. The van der Waals surface area contributed by atoms with E-state index < -0.39 is 11.7 Å². The molecule has 30 heavy (non-hydrogen) atoms. The summed E-state index contributed by atoms with van der Waals surface area (Å²) in [6.07, 6.45) is -0.957. The highest BCUT2D eigenvalue weighted by Gasteiger charge is 2.38. The molecule has 5 heteroatoms. The van der Waals surface area contributed by atoms with E-state index in [1.165, 1.54) is 18.6 Å². The molecular weight excluding hydrogens is 385 g/mol. The lowest BCUT2D eigenvalue weighted by molar-refractivity contribution is -0.137. The molecule has 0 radical (unpaired) electrons. The first-order valence-electron chi connectivity index (χ1n) is 11.1. The van der Waals surface area contributed by atoms with Crippen LogP contribution in [0.5, 0.6) is 0 Å². The molecule has 3 unspecified atom stereocenters. The van der Waals surface area contributed by atoms with Crippen LogP contribution in [0.15, 0.2) is 54.6 Å². The molecule has 4 rings (SSSR count). The summed E-state index contributed by atoms with van der Waals surface area (Å²) in [6.45, 7) is 8.38. The predicted molar refractivity (Wildman–Crippen MR) is 118 cm³/mol. The van der Waals surface area contributed by atoms with Crippen molar-refractivity contribution in [1.82, 2.24) is 4.90 Å². The quantitative estimate of drug-likeness (QED) is 0.597. The van der Waals surface area contributed by atoms with Crippen LogP contribution in [-0.2, 0) is 6.18 Å². The van der Waals surface area contributed by atoms with Gasteiger partial charge in [-0.1, -0.05) is 50.2 Å². The molecule has 1 saturated carbocycles. The van der Waals surface area contributed by atoms with Gasteiger partial charge in [-0.25, -0.2) is 0 Å². The first kappa shape index (κ1) is 22.7. The molecule has 0 aromatic heterocycles. The van der Waals surface area contributed by atoms with E-state index in [9.17, 15) is 13.2 Å². The predicted octanol–water partition coefficient (Wildman–Crippen LogP) is 6.66. The van der Waals surface area contributed by atoms with Gasteiger partial charge in [0.25, 0.3) is 0 Å². The third kappa shape index (κ3) is 5.78. The second-order valence-corrected chi connectivity index (χ2v) is 8.37. The van der Waals surface area contributed by atoms with Crippen LogP contribution in [0.25, 0.3) is 0 Å². The fraction of sp³-hybridized carbons (Fsp3) is 0.520. The topological polar surface area (TPSA) is 15.3 Å². The maximum absolute atomic E-state index is 13.1. The second kappa shape index (κ2) is 10.3. The van der Waals surface area contributed by atoms with Crippen LogP contribution in [0.3, 0.4) is 0 Å². The van der Waals surface area contributed by atoms with Crippen molar-refractivity contribution in [3.8, 4) is 0 Å². The summed E-state index contributed by atoms with van der Waals surface area (Å²) < 4.78 is 39.3. The number of anilines is 1. The van der Waals surface area contributed by atoms with Crippen molar-refractivity contribution >= 4 is 5.69 Å². The molecule has 1 fully saturated rings. The van der Waals surface area contributed by atoms with Gasteiger partial charge in [0.05, 0.1) is 5.56 Å². The van der Waals surface area contributed by atoms with Crippen LogP contribution in [-0.4, -0.2) is 31.1 Å². The minimum Gasteiger partial charge on any atom is -0.385 e. The second-order valence-electron chi connectivity index (χ2n) is 8.37. The number of halogens is 3. The van der Waals surface area contributed by atoms with E-state index >= 15 is 0 Å². The molecule has 1 N–H and O–H groups in total. The third-order valence-electron chi connectivity index (χ3n) is 6.51. The minimum atomic E-state index is -4.27. The van der Waals surface area contributed by atoms with Crippen LogP contribution in [0, 0.1) is 11.8 Å². The van der Waals surface area contributed by atoms with E-state index in [2.05, 4.69) is 24.1 Å². The summed E-state index contributed by atoms with van der Waals surface area (Å²) in [5.74, 6) is 1.32. The van der Waals surface area contributed by atoms with E-state index in [0.717, 1.165) is 50.3 Å². The molecule has 0 amide bonds. The maximum Gasteiger partial charge on any atom is 0.416 e. The Hall–Kier alpha value is -2.01. The average Bonchev–Trinajstić information content (AvgIpc) is 2.78. The molecule has 2 aromatic carbocycles. The molecule has 164 valence electrons. The Kier molecular flexibility index (Phi) is 7.81. The lowest BCUT2D eigenvalue weighted by Crippen LogP contribution is -2.37. The Morgan fingerprint density at radius 2 is 1.60 bits per heavy atom. The minimum absolute atomic E-state index is 0.262. The number of benzene rings is 2. The fourth-order valence-corrected chi connectivity index (χ4v) is 4.79. The first-order chi connectivity index (χ1) is 14.4. The zero-order chi connectivity index (χ0) is 21.6. The molecular formula is C25H33F3N2. The van der Waals surface area contributed by atoms with E-state index in [0.29, 0.717) is 11.8 Å². The van der Waals surface area contributed by atoms with Gasteiger partial charge in [0.1, 0.15) is 0 Å². The molecule has 3 atom stereocenters. The molecule has 1 heterocycles. The maximum atomic E-state index is 13.1. The third-order valence-corrected chi connectivity index (χ3v) is 6.51. The van der Waals surface area contributed by atoms with Crippen LogP contribution >= 0.6 is 0 Å². The van der Waals surface area contributed by atoms with Crippen LogP contribution in [0.2, 0.25) is 0 Å². The molecule has 2 aromatic rings. The number of alkyl halides is 3. The molecule has 2 aliphatic rings. The highest BCUT2D eigenvalue weighted by Crippen LogP contribution is 2.47. The average molecular weight is 419 g/mol. The van der Waals surface area contributed by atoms with E-state index in [1.807, 2.05) is 36.4 Å². The van der Waals surface area contributed by atoms with Gasteiger partial charge in [0, 0.05) is 18.8 Å². The standard InChI is InChI=1S/C19H27F3N2.C6H6/c1-3-24(4-2)12-13-5-6-14-11-23-18-8-7-15(19(20,21)22)10-17(18)16(14)9-13;1-2-4-6-5-3-1/h7-8,10,13-14,16,23H,3-6,9,11-12H2,1-2H3;1-6H. The van der Waals surface area contributed by atoms with Crippen LogP contribution in [0.4, 0.5) is 18.9 Å². The Balaban J connectivity index is 0.000000367. The zero-order valence-electron chi connectivity index (χ0n) is 18.0. The van der Waals surface area contributed by atoms with Gasteiger partial charge in [0.2, 0.25) is 0 Å². The zero-order valence-corrected chi connectivity index (χ0v) is 18.0. The van der Waals surface area contributed by atoms with Crippen molar-refractivity contribution in [2.75, 3.05) is 31.5 Å². The Labute approximate surface area is 178 Å². The van der Waals surface area contributed by atoms with E-state index in [1.54, 1.807) is 6.07 Å². The summed E-state index contributed by atoms with van der Waals surface area (Å²) in [7, 11) is 0. The molecule has 1 aliphatic heterocycles. The number of nitrogens with one attached hydrogen (secondary N) is 1. The van der Waals surface area contributed by atoms with Crippen molar-refractivity contribution in [2.45, 2.75) is 45.2 Å². The highest BCUT2D eigenvalue weighted by molar-refractivity contribution is 5.57. The van der Waals surface area contributed by atoms with Gasteiger partial charge in [0.15, 0.2) is 0 Å². The van der Waals surface area contributed by atoms with E-state index in [4.69, 9.17) is 0 Å². The molecule has 0 spiro atoms. The van der Waals surface area contributed by atoms with Crippen molar-refractivity contribution in [1.29, 1.82) is 0 Å². The first-order valence-corrected chi connectivity index (χ1v) is 11.1. The normalized spacial score (nSPS) is 22.9. The smallest absolute Gasteiger partial charge is 0.385 e. The number of hydrogen-bond donors (Lipinski definition) is 1. The lowest BCUT2D eigenvalue weighted by Gasteiger charge is -2.42. The van der Waals surface area contributed by atoms with Crippen LogP contribution < -0.4 is 5.32 Å². The van der Waals surface area contributed by atoms with Gasteiger partial charge in [-0.2, -0.15) is 13.2 Å². The summed E-state index contributed by atoms with van der Waals surface area (Å²) in [4.78, 5) is 2.43. The SMILES string of the molecule is CCN(CC)CC1CCC2CNc3ccc(C(F)(F)F)cc3C2C1.c1ccccc1. The summed E-state index contributed by atoms with van der Waals surface area (Å²) >= 11 is 0. The summed E-state index contributed by atoms with van der Waals surface area (Å²) in [5.41, 5.74) is 1.26. The van der Waals surface area contributed by atoms with Crippen molar-refractivity contribution in [3.63, 3.8) is 0 Å². The van der Waals surface area contributed by atoms with Crippen LogP contribution in [0.1, 0.15) is 50.2 Å². The highest BCUT2D eigenvalue weighted by atomic mass is 19.4. The number of nitrogens with zero attached hydrogens (tertiary/aromatic N) is 1. The van der Waals surface area contributed by atoms with Gasteiger partial charge in [-0.15, -0.1) is 0 Å². The number of rotatable bonds is 4. The lowest BCUT2D eigenvalue weighted by atomic mass is 9.69. The number of fused-ring (bicyclic) bond motifs is 3. The monoisotopic (exact) mass is 418 g/mol. The number of hydrogen-bond acceptors (Lipinski definition) is 2. The fourth-order valence-electron chi connectivity index (χ4n) is 4.79. The Bertz CT molecular complexity index is 745. The van der Waals surface area contributed by atoms with Crippen molar-refractivity contribution < 1.29 is 13.2 Å². The molecule has 2 nitrogen and oxygen atoms in total. The molecule has 0 bridgehead atoms. The van der Waals surface area contributed by atoms with Gasteiger partial charge in [-0.05, 0) is 73.9 Å². The van der Waals surface area contributed by atoms with Crippen molar-refractivity contribution in [3.05, 3.63) is 65.7 Å². The van der Waals surface area contributed by atoms with Gasteiger partial charge in [-0.3, -0.25) is 0 Å². The van der Waals surface area contributed by atoms with Crippen molar-refractivity contribution in [2.24, 2.45) is 11.8 Å². The Morgan fingerprint density at radius 3 is 2.17 bits per heavy atom. The van der Waals surface area contributed by atoms with E-state index in [-0.39, 0.29) is 5.92 Å².